The van der Waals surface area contributed by atoms with E-state index in [1.807, 2.05) is 6.07 Å². The van der Waals surface area contributed by atoms with Crippen LogP contribution in [0.4, 0.5) is 0 Å². The SMILES string of the molecule is Cn1nc(C(=O)NCCc2cocn2)c2cccnc21. The Morgan fingerprint density at radius 2 is 2.35 bits per heavy atom. The summed E-state index contributed by atoms with van der Waals surface area (Å²) in [6.07, 6.45) is 5.23. The van der Waals surface area contributed by atoms with E-state index in [2.05, 4.69) is 20.4 Å². The third kappa shape index (κ3) is 2.25. The van der Waals surface area contributed by atoms with Gasteiger partial charge in [-0.15, -0.1) is 0 Å². The molecular formula is C13H13N5O2. The highest BCUT2D eigenvalue weighted by molar-refractivity contribution is 6.03. The smallest absolute Gasteiger partial charge is 0.272 e. The number of aromatic nitrogens is 4. The van der Waals surface area contributed by atoms with Gasteiger partial charge in [-0.25, -0.2) is 14.6 Å². The van der Waals surface area contributed by atoms with E-state index in [4.69, 9.17) is 4.42 Å². The molecule has 0 bridgehead atoms. The van der Waals surface area contributed by atoms with Gasteiger partial charge in [0.15, 0.2) is 17.7 Å². The number of oxazole rings is 1. The Kier molecular flexibility index (Phi) is 3.16. The van der Waals surface area contributed by atoms with Gasteiger partial charge in [0, 0.05) is 26.2 Å². The minimum atomic E-state index is -0.216. The molecule has 3 aromatic heterocycles. The number of nitrogens with one attached hydrogen (secondary N) is 1. The van der Waals surface area contributed by atoms with Crippen molar-refractivity contribution in [2.75, 3.05) is 6.54 Å². The summed E-state index contributed by atoms with van der Waals surface area (Å²) in [5.74, 6) is -0.216. The maximum Gasteiger partial charge on any atom is 0.272 e. The molecule has 0 atom stereocenters. The lowest BCUT2D eigenvalue weighted by Gasteiger charge is -2.01. The quantitative estimate of drug-likeness (QED) is 0.762. The fraction of sp³-hybridized carbons (Fsp3) is 0.231. The lowest BCUT2D eigenvalue weighted by Crippen LogP contribution is -2.26. The molecule has 3 aromatic rings. The number of carbonyl (C=O) groups is 1. The Labute approximate surface area is 114 Å². The molecule has 0 fully saturated rings. The molecule has 3 rings (SSSR count). The van der Waals surface area contributed by atoms with Gasteiger partial charge in [-0.2, -0.15) is 5.10 Å². The summed E-state index contributed by atoms with van der Waals surface area (Å²) < 4.78 is 6.47. The van der Waals surface area contributed by atoms with E-state index in [1.54, 1.807) is 30.3 Å². The third-order valence-corrected chi connectivity index (χ3v) is 2.96. The summed E-state index contributed by atoms with van der Waals surface area (Å²) in [5.41, 5.74) is 1.88. The summed E-state index contributed by atoms with van der Waals surface area (Å²) in [4.78, 5) is 20.3. The first-order valence-electron chi connectivity index (χ1n) is 6.18. The predicted molar refractivity (Wildman–Crippen MR) is 71.0 cm³/mol. The van der Waals surface area contributed by atoms with Crippen LogP contribution in [0.2, 0.25) is 0 Å². The monoisotopic (exact) mass is 271 g/mol. The molecule has 0 aliphatic carbocycles. The minimum Gasteiger partial charge on any atom is -0.451 e. The maximum atomic E-state index is 12.1. The molecule has 0 aliphatic rings. The number of pyridine rings is 1. The largest absolute Gasteiger partial charge is 0.451 e. The first kappa shape index (κ1) is 12.3. The molecule has 0 spiro atoms. The highest BCUT2D eigenvalue weighted by Crippen LogP contribution is 2.14. The zero-order valence-electron chi connectivity index (χ0n) is 10.9. The lowest BCUT2D eigenvalue weighted by molar-refractivity contribution is 0.0950. The van der Waals surface area contributed by atoms with Crippen molar-refractivity contribution in [3.63, 3.8) is 0 Å². The van der Waals surface area contributed by atoms with E-state index < -0.39 is 0 Å². The zero-order valence-corrected chi connectivity index (χ0v) is 10.9. The number of rotatable bonds is 4. The van der Waals surface area contributed by atoms with Crippen molar-refractivity contribution in [2.24, 2.45) is 7.05 Å². The van der Waals surface area contributed by atoms with Crippen LogP contribution in [0, 0.1) is 0 Å². The highest BCUT2D eigenvalue weighted by atomic mass is 16.3. The van der Waals surface area contributed by atoms with Gasteiger partial charge in [0.2, 0.25) is 0 Å². The second-order valence-corrected chi connectivity index (χ2v) is 4.33. The van der Waals surface area contributed by atoms with Gasteiger partial charge in [0.25, 0.3) is 5.91 Å². The molecule has 3 heterocycles. The summed E-state index contributed by atoms with van der Waals surface area (Å²) in [7, 11) is 1.77. The molecule has 0 unspecified atom stereocenters. The molecule has 0 aromatic carbocycles. The number of nitrogens with zero attached hydrogens (tertiary/aromatic N) is 4. The molecule has 0 aliphatic heterocycles. The number of fused-ring (bicyclic) bond motifs is 1. The van der Waals surface area contributed by atoms with Gasteiger partial charge in [0.05, 0.1) is 11.1 Å². The normalized spacial score (nSPS) is 10.8. The molecule has 7 nitrogen and oxygen atoms in total. The second-order valence-electron chi connectivity index (χ2n) is 4.33. The van der Waals surface area contributed by atoms with E-state index in [0.29, 0.717) is 24.3 Å². The fourth-order valence-electron chi connectivity index (χ4n) is 2.01. The Bertz CT molecular complexity index is 732. The van der Waals surface area contributed by atoms with E-state index in [0.717, 1.165) is 11.1 Å². The van der Waals surface area contributed by atoms with Crippen LogP contribution < -0.4 is 5.32 Å². The van der Waals surface area contributed by atoms with Crippen LogP contribution in [0.5, 0.6) is 0 Å². The Morgan fingerprint density at radius 3 is 3.15 bits per heavy atom. The summed E-state index contributed by atoms with van der Waals surface area (Å²) >= 11 is 0. The van der Waals surface area contributed by atoms with Crippen LogP contribution in [0.1, 0.15) is 16.2 Å². The van der Waals surface area contributed by atoms with Crippen molar-refractivity contribution >= 4 is 16.9 Å². The number of hydrogen-bond donors (Lipinski definition) is 1. The lowest BCUT2D eigenvalue weighted by atomic mass is 10.2. The summed E-state index contributed by atoms with van der Waals surface area (Å²) in [6.45, 7) is 0.476. The Hall–Kier alpha value is -2.70. The summed E-state index contributed by atoms with van der Waals surface area (Å²) in [5, 5.41) is 7.78. The van der Waals surface area contributed by atoms with E-state index >= 15 is 0 Å². The van der Waals surface area contributed by atoms with Crippen LogP contribution in [0.3, 0.4) is 0 Å². The molecule has 1 N–H and O–H groups in total. The van der Waals surface area contributed by atoms with Crippen molar-refractivity contribution in [3.8, 4) is 0 Å². The minimum absolute atomic E-state index is 0.216. The Balaban J connectivity index is 1.72. The maximum absolute atomic E-state index is 12.1. The van der Waals surface area contributed by atoms with Crippen molar-refractivity contribution in [2.45, 2.75) is 6.42 Å². The van der Waals surface area contributed by atoms with Crippen LogP contribution in [-0.4, -0.2) is 32.2 Å². The van der Waals surface area contributed by atoms with Gasteiger partial charge in [-0.1, -0.05) is 0 Å². The number of hydrogen-bond acceptors (Lipinski definition) is 5. The number of carbonyl (C=O) groups excluding carboxylic acids is 1. The van der Waals surface area contributed by atoms with Crippen molar-refractivity contribution in [3.05, 3.63) is 42.4 Å². The molecule has 0 saturated heterocycles. The van der Waals surface area contributed by atoms with Crippen LogP contribution >= 0.6 is 0 Å². The molecule has 0 saturated carbocycles. The molecular weight excluding hydrogens is 258 g/mol. The zero-order chi connectivity index (χ0) is 13.9. The molecule has 20 heavy (non-hydrogen) atoms. The summed E-state index contributed by atoms with van der Waals surface area (Å²) in [6, 6.07) is 3.62. The highest BCUT2D eigenvalue weighted by Gasteiger charge is 2.15. The van der Waals surface area contributed by atoms with Gasteiger partial charge in [-0.05, 0) is 12.1 Å². The van der Waals surface area contributed by atoms with Gasteiger partial charge >= 0.3 is 0 Å². The van der Waals surface area contributed by atoms with Crippen molar-refractivity contribution in [1.29, 1.82) is 0 Å². The van der Waals surface area contributed by atoms with E-state index in [1.165, 1.54) is 6.39 Å². The third-order valence-electron chi connectivity index (χ3n) is 2.96. The van der Waals surface area contributed by atoms with Crippen LogP contribution in [-0.2, 0) is 13.5 Å². The first-order valence-corrected chi connectivity index (χ1v) is 6.18. The first-order chi connectivity index (χ1) is 9.75. The number of amides is 1. The van der Waals surface area contributed by atoms with Gasteiger partial charge in [-0.3, -0.25) is 4.79 Å². The average Bonchev–Trinajstić information content (AvgIpc) is 3.08. The molecule has 7 heteroatoms. The van der Waals surface area contributed by atoms with Crippen molar-refractivity contribution in [1.82, 2.24) is 25.1 Å². The van der Waals surface area contributed by atoms with Gasteiger partial charge < -0.3 is 9.73 Å². The van der Waals surface area contributed by atoms with Gasteiger partial charge in [0.1, 0.15) is 6.26 Å². The number of aryl methyl sites for hydroxylation is 1. The second kappa shape index (κ2) is 5.12. The molecule has 0 radical (unpaired) electrons. The average molecular weight is 271 g/mol. The topological polar surface area (TPSA) is 85.8 Å². The fourth-order valence-corrected chi connectivity index (χ4v) is 2.01. The Morgan fingerprint density at radius 1 is 1.45 bits per heavy atom. The van der Waals surface area contributed by atoms with E-state index in [-0.39, 0.29) is 5.91 Å². The van der Waals surface area contributed by atoms with Crippen molar-refractivity contribution < 1.29 is 9.21 Å². The van der Waals surface area contributed by atoms with E-state index in [9.17, 15) is 4.79 Å². The molecule has 102 valence electrons. The molecule has 1 amide bonds. The van der Waals surface area contributed by atoms with Crippen LogP contribution in [0.15, 0.2) is 35.4 Å². The predicted octanol–water partition coefficient (Wildman–Crippen LogP) is 0.929. The standard InChI is InChI=1S/C13H13N5O2/c1-18-12-10(3-2-5-14-12)11(17-18)13(19)15-6-4-9-7-20-8-16-9/h2-3,5,7-8H,4,6H2,1H3,(H,15,19). The van der Waals surface area contributed by atoms with Crippen LogP contribution in [0.25, 0.3) is 11.0 Å².